The van der Waals surface area contributed by atoms with Crippen molar-refractivity contribution in [2.24, 2.45) is 0 Å². The largest absolute Gasteiger partial charge is 0.388 e. The van der Waals surface area contributed by atoms with Gasteiger partial charge in [-0.3, -0.25) is 0 Å². The van der Waals surface area contributed by atoms with Crippen LogP contribution in [0.3, 0.4) is 0 Å². The predicted octanol–water partition coefficient (Wildman–Crippen LogP) is 4.61. The van der Waals surface area contributed by atoms with Gasteiger partial charge in [0.25, 0.3) is 0 Å². The lowest BCUT2D eigenvalue weighted by Gasteiger charge is -2.11. The summed E-state index contributed by atoms with van der Waals surface area (Å²) in [5.41, 5.74) is 0. The lowest BCUT2D eigenvalue weighted by molar-refractivity contribution is 0.206. The lowest BCUT2D eigenvalue weighted by Crippen LogP contribution is -2.07. The molecule has 0 heterocycles. The monoisotopic (exact) mass is 330 g/mol. The molecule has 1 unspecified atom stereocenters. The Morgan fingerprint density at radius 3 is 2.36 bits per heavy atom. The summed E-state index contributed by atoms with van der Waals surface area (Å²) in [6.45, 7) is 4.27. The fourth-order valence-electron chi connectivity index (χ4n) is 1.16. The normalized spacial score (nSPS) is 15.2. The first-order valence-electron chi connectivity index (χ1n) is 5.35. The van der Waals surface area contributed by atoms with E-state index >= 15 is 0 Å². The van der Waals surface area contributed by atoms with Crippen LogP contribution in [0.4, 0.5) is 0 Å². The van der Waals surface area contributed by atoms with Crippen LogP contribution in [0, 0.1) is 0 Å². The summed E-state index contributed by atoms with van der Waals surface area (Å²) in [6.07, 6.45) is 5.81. The summed E-state index contributed by atoms with van der Waals surface area (Å²) in [7, 11) is 0. The van der Waals surface area contributed by atoms with Crippen LogP contribution >= 0.6 is 34.2 Å². The zero-order valence-electron chi connectivity index (χ0n) is 9.02. The van der Waals surface area contributed by atoms with Gasteiger partial charge in [-0.15, -0.1) is 0 Å². The van der Waals surface area contributed by atoms with Gasteiger partial charge in [0.05, 0.1) is 6.10 Å². The molecule has 0 saturated carbocycles. The Kier molecular flexibility index (Phi) is 9.45. The van der Waals surface area contributed by atoms with E-state index in [1.165, 1.54) is 0 Å². The van der Waals surface area contributed by atoms with Crippen molar-refractivity contribution in [1.82, 2.24) is 0 Å². The highest BCUT2D eigenvalue weighted by atomic mass is 127. The second-order valence-corrected chi connectivity index (χ2v) is 5.13. The summed E-state index contributed by atoms with van der Waals surface area (Å²) in [5, 5.41) is 10.6. The summed E-state index contributed by atoms with van der Waals surface area (Å²) in [6, 6.07) is 0. The van der Waals surface area contributed by atoms with Crippen LogP contribution in [0.15, 0.2) is 8.61 Å². The maximum Gasteiger partial charge on any atom is 0.0858 e. The molecule has 1 nitrogen and oxygen atoms in total. The highest BCUT2D eigenvalue weighted by Crippen LogP contribution is 2.26. The molecule has 3 heteroatoms. The molecule has 0 aromatic rings. The van der Waals surface area contributed by atoms with Gasteiger partial charge in [0.2, 0.25) is 0 Å². The van der Waals surface area contributed by atoms with Gasteiger partial charge >= 0.3 is 0 Å². The second kappa shape index (κ2) is 8.98. The van der Waals surface area contributed by atoms with Crippen LogP contribution in [-0.4, -0.2) is 11.2 Å². The van der Waals surface area contributed by atoms with E-state index in [0.717, 1.165) is 47.1 Å². The fraction of sp³-hybridized carbons (Fsp3) is 0.818. The van der Waals surface area contributed by atoms with E-state index in [1.807, 2.05) is 0 Å². The van der Waals surface area contributed by atoms with Crippen LogP contribution in [0.2, 0.25) is 0 Å². The van der Waals surface area contributed by atoms with Crippen molar-refractivity contribution >= 4 is 34.2 Å². The molecular formula is C11H20ClIO. The highest BCUT2D eigenvalue weighted by molar-refractivity contribution is 14.1. The molecule has 0 aliphatic heterocycles. The number of halogens is 2. The van der Waals surface area contributed by atoms with Gasteiger partial charge in [-0.25, -0.2) is 0 Å². The molecule has 14 heavy (non-hydrogen) atoms. The predicted molar refractivity (Wildman–Crippen MR) is 72.0 cm³/mol. The number of aliphatic hydroxyl groups is 1. The molecule has 0 radical (unpaired) electrons. The maximum absolute atomic E-state index is 9.77. The molecule has 1 atom stereocenters. The van der Waals surface area contributed by atoms with Crippen molar-refractivity contribution in [3.05, 3.63) is 8.61 Å². The number of allylic oxidation sites excluding steroid dienone is 1. The highest BCUT2D eigenvalue weighted by Gasteiger charge is 2.11. The molecule has 0 fully saturated rings. The first kappa shape index (κ1) is 14.7. The molecule has 0 aliphatic rings. The van der Waals surface area contributed by atoms with Gasteiger partial charge in [-0.05, 0) is 41.9 Å². The van der Waals surface area contributed by atoms with E-state index < -0.39 is 0 Å². The third-order valence-electron chi connectivity index (χ3n) is 2.13. The van der Waals surface area contributed by atoms with Gasteiger partial charge in [-0.2, -0.15) is 0 Å². The molecule has 0 spiro atoms. The van der Waals surface area contributed by atoms with Crippen molar-refractivity contribution in [2.45, 2.75) is 58.5 Å². The maximum atomic E-state index is 9.77. The average Bonchev–Trinajstić information content (AvgIpc) is 2.21. The topological polar surface area (TPSA) is 20.2 Å². The standard InChI is InChI=1S/C11H20ClIO/c1-3-5-7-9(12)11(13)10(14)8-6-4-2/h10,14H,3-8H2,1-2H3/b11-9+. The second-order valence-electron chi connectivity index (χ2n) is 3.51. The molecule has 0 bridgehead atoms. The molecule has 1 N–H and O–H groups in total. The Hall–Kier alpha value is 0.720. The molecule has 0 amide bonds. The van der Waals surface area contributed by atoms with E-state index in [0.29, 0.717) is 0 Å². The molecular weight excluding hydrogens is 310 g/mol. The number of rotatable bonds is 7. The zero-order valence-corrected chi connectivity index (χ0v) is 11.9. The summed E-state index contributed by atoms with van der Waals surface area (Å²) in [4.78, 5) is 0. The minimum Gasteiger partial charge on any atom is -0.388 e. The molecule has 0 aromatic carbocycles. The van der Waals surface area contributed by atoms with Crippen molar-refractivity contribution in [3.63, 3.8) is 0 Å². The number of aliphatic hydroxyl groups excluding tert-OH is 1. The van der Waals surface area contributed by atoms with E-state index in [4.69, 9.17) is 11.6 Å². The van der Waals surface area contributed by atoms with Crippen LogP contribution < -0.4 is 0 Å². The molecule has 0 aliphatic carbocycles. The van der Waals surface area contributed by atoms with Crippen LogP contribution in [0.5, 0.6) is 0 Å². The third kappa shape index (κ3) is 6.25. The lowest BCUT2D eigenvalue weighted by atomic mass is 10.1. The minimum absolute atomic E-state index is 0.347. The molecule has 0 rings (SSSR count). The van der Waals surface area contributed by atoms with Crippen molar-refractivity contribution in [1.29, 1.82) is 0 Å². The minimum atomic E-state index is -0.347. The summed E-state index contributed by atoms with van der Waals surface area (Å²) < 4.78 is 0.936. The van der Waals surface area contributed by atoms with Gasteiger partial charge in [0.15, 0.2) is 0 Å². The number of unbranched alkanes of at least 4 members (excludes halogenated alkanes) is 2. The van der Waals surface area contributed by atoms with Crippen molar-refractivity contribution in [3.8, 4) is 0 Å². The van der Waals surface area contributed by atoms with Gasteiger partial charge in [0.1, 0.15) is 0 Å². The van der Waals surface area contributed by atoms with Crippen LogP contribution in [-0.2, 0) is 0 Å². The van der Waals surface area contributed by atoms with E-state index in [9.17, 15) is 5.11 Å². The van der Waals surface area contributed by atoms with E-state index in [1.54, 1.807) is 0 Å². The first-order valence-corrected chi connectivity index (χ1v) is 6.81. The van der Waals surface area contributed by atoms with E-state index in [-0.39, 0.29) is 6.10 Å². The quantitative estimate of drug-likeness (QED) is 0.676. The Labute approximate surface area is 106 Å². The van der Waals surface area contributed by atoms with Crippen molar-refractivity contribution < 1.29 is 5.11 Å². The van der Waals surface area contributed by atoms with Crippen molar-refractivity contribution in [2.75, 3.05) is 0 Å². The molecule has 0 saturated heterocycles. The first-order chi connectivity index (χ1) is 6.63. The Morgan fingerprint density at radius 2 is 1.86 bits per heavy atom. The average molecular weight is 331 g/mol. The Bertz CT molecular complexity index is 180. The molecule has 0 aromatic heterocycles. The summed E-state index contributed by atoms with van der Waals surface area (Å²) >= 11 is 8.27. The Balaban J connectivity index is 4.03. The van der Waals surface area contributed by atoms with E-state index in [2.05, 4.69) is 36.4 Å². The zero-order chi connectivity index (χ0) is 11.0. The van der Waals surface area contributed by atoms with Gasteiger partial charge in [0, 0.05) is 8.61 Å². The number of hydrogen-bond acceptors (Lipinski definition) is 1. The SMILES string of the molecule is CCCC/C(Cl)=C(\I)C(O)CCCC. The van der Waals surface area contributed by atoms with Gasteiger partial charge in [-0.1, -0.05) is 44.7 Å². The smallest absolute Gasteiger partial charge is 0.0858 e. The molecule has 84 valence electrons. The summed E-state index contributed by atoms with van der Waals surface area (Å²) in [5.74, 6) is 0. The van der Waals surface area contributed by atoms with Crippen LogP contribution in [0.1, 0.15) is 52.4 Å². The number of hydrogen-bond donors (Lipinski definition) is 1. The Morgan fingerprint density at radius 1 is 1.29 bits per heavy atom. The van der Waals surface area contributed by atoms with Crippen LogP contribution in [0.25, 0.3) is 0 Å². The third-order valence-corrected chi connectivity index (χ3v) is 4.21. The fourth-order valence-corrected chi connectivity index (χ4v) is 2.00. The van der Waals surface area contributed by atoms with Gasteiger partial charge < -0.3 is 5.11 Å².